The van der Waals surface area contributed by atoms with Gasteiger partial charge in [-0.05, 0) is 6.42 Å². The lowest BCUT2D eigenvalue weighted by Gasteiger charge is -2.44. The van der Waals surface area contributed by atoms with Gasteiger partial charge < -0.3 is 40.7 Å². The van der Waals surface area contributed by atoms with Crippen molar-refractivity contribution >= 4 is 11.9 Å². The number of carboxylic acids is 1. The minimum Gasteiger partial charge on any atom is -0.477 e. The highest BCUT2D eigenvalue weighted by Gasteiger charge is 2.53. The zero-order valence-electron chi connectivity index (χ0n) is 13.4. The summed E-state index contributed by atoms with van der Waals surface area (Å²) >= 11 is 0. The normalized spacial score (nSPS) is 31.6. The van der Waals surface area contributed by atoms with Crippen molar-refractivity contribution in [2.24, 2.45) is 0 Å². The Morgan fingerprint density at radius 1 is 1.40 bits per heavy atom. The van der Waals surface area contributed by atoms with Crippen molar-refractivity contribution < 1.29 is 45.0 Å². The monoisotopic (exact) mass is 361 g/mol. The molecule has 0 aliphatic carbocycles. The largest absolute Gasteiger partial charge is 0.477 e. The molecule has 10 heteroatoms. The van der Waals surface area contributed by atoms with Crippen molar-refractivity contribution in [1.29, 1.82) is 0 Å². The molecule has 0 aromatic carbocycles. The molecule has 1 amide bonds. The number of nitrogens with one attached hydrogen (secondary N) is 1. The minimum atomic E-state index is -2.81. The van der Waals surface area contributed by atoms with E-state index in [4.69, 9.17) is 21.4 Å². The molecule has 3 unspecified atom stereocenters. The zero-order chi connectivity index (χ0) is 19.2. The average molecular weight is 361 g/mol. The van der Waals surface area contributed by atoms with Crippen LogP contribution in [0.5, 0.6) is 0 Å². The summed E-state index contributed by atoms with van der Waals surface area (Å²) in [5, 5.41) is 60.1. The van der Waals surface area contributed by atoms with Crippen LogP contribution in [-0.4, -0.2) is 85.4 Å². The van der Waals surface area contributed by atoms with Crippen LogP contribution in [0.25, 0.3) is 0 Å². The standard InChI is InChI=1S/C15H23NO9/c1-2-3-4-5-10(20)16-11-8(18)6-15(24,14(22)23)25-13(11)12(21)9(19)7-17/h1,8-9,11-13,17-19,21,24H,3-7H2,(H,16,20)(H,22,23)/t8-,9?,11-,12?,13?,15+/m1/s1. The van der Waals surface area contributed by atoms with Crippen LogP contribution in [0.15, 0.2) is 0 Å². The molecule has 6 atom stereocenters. The Bertz CT molecular complexity index is 520. The number of carbonyl (C=O) groups excluding carboxylic acids is 1. The molecule has 1 fully saturated rings. The molecule has 1 aliphatic heterocycles. The second-order valence-corrected chi connectivity index (χ2v) is 5.83. The third kappa shape index (κ3) is 5.37. The van der Waals surface area contributed by atoms with E-state index >= 15 is 0 Å². The summed E-state index contributed by atoms with van der Waals surface area (Å²) < 4.78 is 4.96. The Kier molecular flexibility index (Phi) is 7.75. The predicted octanol–water partition coefficient (Wildman–Crippen LogP) is -3.09. The van der Waals surface area contributed by atoms with E-state index in [0.29, 0.717) is 12.8 Å². The lowest BCUT2D eigenvalue weighted by molar-refractivity contribution is -0.295. The first-order valence-electron chi connectivity index (χ1n) is 7.67. The lowest BCUT2D eigenvalue weighted by atomic mass is 9.88. The van der Waals surface area contributed by atoms with Crippen LogP contribution in [0.2, 0.25) is 0 Å². The molecule has 7 N–H and O–H groups in total. The number of aliphatic hydroxyl groups is 5. The van der Waals surface area contributed by atoms with Gasteiger partial charge in [0.25, 0.3) is 5.79 Å². The van der Waals surface area contributed by atoms with Crippen LogP contribution < -0.4 is 5.32 Å². The zero-order valence-corrected chi connectivity index (χ0v) is 13.4. The van der Waals surface area contributed by atoms with Crippen molar-refractivity contribution in [3.05, 3.63) is 0 Å². The SMILES string of the molecule is C#CCCCC(=O)N[C@H]1C(C(O)C(O)CO)O[C@](O)(C(=O)O)C[C@H]1O. The van der Waals surface area contributed by atoms with E-state index in [1.807, 2.05) is 0 Å². The predicted molar refractivity (Wildman–Crippen MR) is 81.8 cm³/mol. The number of ether oxygens (including phenoxy) is 1. The van der Waals surface area contributed by atoms with E-state index < -0.39 is 61.1 Å². The molecule has 0 bridgehead atoms. The van der Waals surface area contributed by atoms with Gasteiger partial charge in [0.2, 0.25) is 5.91 Å². The van der Waals surface area contributed by atoms with E-state index in [2.05, 4.69) is 11.2 Å². The summed E-state index contributed by atoms with van der Waals surface area (Å²) in [5.74, 6) is -2.81. The van der Waals surface area contributed by atoms with Gasteiger partial charge in [-0.25, -0.2) is 4.79 Å². The second-order valence-electron chi connectivity index (χ2n) is 5.83. The Balaban J connectivity index is 2.96. The fraction of sp³-hybridized carbons (Fsp3) is 0.733. The molecule has 0 aromatic heterocycles. The highest BCUT2D eigenvalue weighted by Crippen LogP contribution is 2.30. The van der Waals surface area contributed by atoms with Crippen LogP contribution >= 0.6 is 0 Å². The molecule has 10 nitrogen and oxygen atoms in total. The highest BCUT2D eigenvalue weighted by molar-refractivity contribution is 5.77. The molecule has 0 radical (unpaired) electrons. The van der Waals surface area contributed by atoms with Gasteiger partial charge in [-0.15, -0.1) is 12.3 Å². The number of hydrogen-bond acceptors (Lipinski definition) is 8. The number of terminal acetylenes is 1. The van der Waals surface area contributed by atoms with Crippen molar-refractivity contribution in [3.63, 3.8) is 0 Å². The second kappa shape index (κ2) is 9.10. The lowest BCUT2D eigenvalue weighted by Crippen LogP contribution is -2.67. The molecule has 0 saturated carbocycles. The van der Waals surface area contributed by atoms with Crippen molar-refractivity contribution in [2.75, 3.05) is 6.61 Å². The summed E-state index contributed by atoms with van der Waals surface area (Å²) in [7, 11) is 0. The van der Waals surface area contributed by atoms with Crippen LogP contribution in [0.4, 0.5) is 0 Å². The van der Waals surface area contributed by atoms with Crippen LogP contribution in [0, 0.1) is 12.3 Å². The minimum absolute atomic E-state index is 0.0159. The number of unbranched alkanes of at least 4 members (excludes halogenated alkanes) is 1. The quantitative estimate of drug-likeness (QED) is 0.174. The number of carbonyl (C=O) groups is 2. The molecule has 1 rings (SSSR count). The van der Waals surface area contributed by atoms with Gasteiger partial charge in [0.15, 0.2) is 0 Å². The average Bonchev–Trinajstić information content (AvgIpc) is 2.55. The smallest absolute Gasteiger partial charge is 0.364 e. The molecule has 1 heterocycles. The first kappa shape index (κ1) is 21.3. The first-order chi connectivity index (χ1) is 11.7. The van der Waals surface area contributed by atoms with Gasteiger partial charge in [0.1, 0.15) is 18.3 Å². The number of hydrogen-bond donors (Lipinski definition) is 7. The van der Waals surface area contributed by atoms with Crippen LogP contribution in [-0.2, 0) is 14.3 Å². The summed E-state index contributed by atoms with van der Waals surface area (Å²) in [6.45, 7) is -0.883. The Morgan fingerprint density at radius 2 is 2.04 bits per heavy atom. The fourth-order valence-electron chi connectivity index (χ4n) is 2.51. The molecule has 1 saturated heterocycles. The van der Waals surface area contributed by atoms with Crippen molar-refractivity contribution in [1.82, 2.24) is 5.32 Å². The molecule has 0 spiro atoms. The maximum atomic E-state index is 11.9. The van der Waals surface area contributed by atoms with Gasteiger partial charge in [0.05, 0.1) is 18.8 Å². The molecule has 25 heavy (non-hydrogen) atoms. The molecule has 142 valence electrons. The fourth-order valence-corrected chi connectivity index (χ4v) is 2.51. The van der Waals surface area contributed by atoms with E-state index in [1.165, 1.54) is 0 Å². The van der Waals surface area contributed by atoms with Gasteiger partial charge in [-0.3, -0.25) is 4.79 Å². The third-order valence-electron chi connectivity index (χ3n) is 3.89. The van der Waals surface area contributed by atoms with Crippen LogP contribution in [0.1, 0.15) is 25.7 Å². The third-order valence-corrected chi connectivity index (χ3v) is 3.89. The van der Waals surface area contributed by atoms with Gasteiger partial charge in [-0.1, -0.05) is 0 Å². The number of aliphatic hydroxyl groups excluding tert-OH is 4. The summed E-state index contributed by atoms with van der Waals surface area (Å²) in [5.41, 5.74) is 0. The summed E-state index contributed by atoms with van der Waals surface area (Å²) in [6, 6.07) is -1.31. The maximum absolute atomic E-state index is 11.9. The number of aliphatic carboxylic acids is 1. The van der Waals surface area contributed by atoms with E-state index in [1.54, 1.807) is 0 Å². The van der Waals surface area contributed by atoms with Crippen molar-refractivity contribution in [3.8, 4) is 12.3 Å². The van der Waals surface area contributed by atoms with Gasteiger partial charge in [-0.2, -0.15) is 0 Å². The van der Waals surface area contributed by atoms with Crippen LogP contribution in [0.3, 0.4) is 0 Å². The van der Waals surface area contributed by atoms with E-state index in [9.17, 15) is 30.0 Å². The molecule has 1 aliphatic rings. The topological polar surface area (TPSA) is 177 Å². The number of amides is 1. The van der Waals surface area contributed by atoms with Crippen molar-refractivity contribution in [2.45, 2.75) is 61.9 Å². The molecular weight excluding hydrogens is 338 g/mol. The number of rotatable bonds is 8. The van der Waals surface area contributed by atoms with Gasteiger partial charge >= 0.3 is 5.97 Å². The first-order valence-corrected chi connectivity index (χ1v) is 7.67. The molecular formula is C15H23NO9. The highest BCUT2D eigenvalue weighted by atomic mass is 16.7. The summed E-state index contributed by atoms with van der Waals surface area (Å²) in [6.07, 6.45) is -1.83. The van der Waals surface area contributed by atoms with Gasteiger partial charge in [0, 0.05) is 19.3 Å². The Labute approximate surface area is 144 Å². The van der Waals surface area contributed by atoms with E-state index in [0.717, 1.165) is 0 Å². The Hall–Kier alpha value is -1.74. The van der Waals surface area contributed by atoms with E-state index in [-0.39, 0.29) is 6.42 Å². The molecule has 0 aromatic rings. The maximum Gasteiger partial charge on any atom is 0.364 e. The number of carboxylic acid groups (broad SMARTS) is 1. The Morgan fingerprint density at radius 3 is 2.56 bits per heavy atom. The summed E-state index contributed by atoms with van der Waals surface area (Å²) in [4.78, 5) is 23.1.